The fraction of sp³-hybridized carbons (Fsp3) is 0.214. The summed E-state index contributed by atoms with van der Waals surface area (Å²) in [6.45, 7) is 0. The maximum atomic E-state index is 14.0. The average Bonchev–Trinajstić information content (AvgIpc) is 3.10. The van der Waals surface area contributed by atoms with Crippen LogP contribution in [0.2, 0.25) is 0 Å². The van der Waals surface area contributed by atoms with Crippen LogP contribution >= 0.6 is 0 Å². The first-order valence-electron chi connectivity index (χ1n) is 6.96. The summed E-state index contributed by atoms with van der Waals surface area (Å²) < 4.78 is 28.0. The minimum Gasteiger partial charge on any atom is -0.344 e. The van der Waals surface area contributed by atoms with Crippen molar-refractivity contribution >= 4 is 5.95 Å². The standard InChI is InChI=1S/C14H11F2N7/c15-9-2-1-3-10(16)11(9)14(4-5-14)19-13-17-6-8(7-18-13)12-20-22-23-21-12/h1-3,6-7H,4-5H2,(H,17,18,19)(H,20,21,22,23). The van der Waals surface area contributed by atoms with Gasteiger partial charge < -0.3 is 5.32 Å². The Morgan fingerprint density at radius 3 is 2.35 bits per heavy atom. The van der Waals surface area contributed by atoms with Crippen molar-refractivity contribution in [3.05, 3.63) is 47.8 Å². The molecule has 116 valence electrons. The number of hydrogen-bond donors (Lipinski definition) is 2. The Morgan fingerprint density at radius 1 is 1.09 bits per heavy atom. The van der Waals surface area contributed by atoms with Crippen molar-refractivity contribution in [3.8, 4) is 11.4 Å². The quantitative estimate of drug-likeness (QED) is 0.765. The number of tetrazole rings is 1. The Hall–Kier alpha value is -2.97. The van der Waals surface area contributed by atoms with E-state index in [0.29, 0.717) is 24.2 Å². The summed E-state index contributed by atoms with van der Waals surface area (Å²) in [5, 5.41) is 16.5. The van der Waals surface area contributed by atoms with E-state index in [1.54, 1.807) is 0 Å². The molecule has 1 aliphatic rings. The topological polar surface area (TPSA) is 92.3 Å². The van der Waals surface area contributed by atoms with Gasteiger partial charge in [-0.2, -0.15) is 5.21 Å². The van der Waals surface area contributed by atoms with Gasteiger partial charge in [0.2, 0.25) is 11.8 Å². The molecule has 1 fully saturated rings. The van der Waals surface area contributed by atoms with E-state index in [4.69, 9.17) is 0 Å². The summed E-state index contributed by atoms with van der Waals surface area (Å²) in [6, 6.07) is 3.85. The van der Waals surface area contributed by atoms with E-state index in [2.05, 4.69) is 35.9 Å². The molecule has 0 unspecified atom stereocenters. The van der Waals surface area contributed by atoms with Crippen LogP contribution in [0.25, 0.3) is 11.4 Å². The lowest BCUT2D eigenvalue weighted by Gasteiger charge is -2.19. The lowest BCUT2D eigenvalue weighted by Crippen LogP contribution is -2.23. The molecule has 2 aromatic heterocycles. The van der Waals surface area contributed by atoms with Crippen LogP contribution in [0.3, 0.4) is 0 Å². The summed E-state index contributed by atoms with van der Waals surface area (Å²) in [4.78, 5) is 8.31. The van der Waals surface area contributed by atoms with E-state index in [-0.39, 0.29) is 11.5 Å². The molecule has 0 spiro atoms. The second kappa shape index (κ2) is 5.04. The Balaban J connectivity index is 1.61. The van der Waals surface area contributed by atoms with E-state index in [9.17, 15) is 8.78 Å². The fourth-order valence-corrected chi connectivity index (χ4v) is 2.52. The third-order valence-corrected chi connectivity index (χ3v) is 3.80. The van der Waals surface area contributed by atoms with Crippen LogP contribution < -0.4 is 5.32 Å². The van der Waals surface area contributed by atoms with E-state index in [1.807, 2.05) is 0 Å². The van der Waals surface area contributed by atoms with Gasteiger partial charge in [-0.25, -0.2) is 18.7 Å². The number of nitrogens with zero attached hydrogens (tertiary/aromatic N) is 5. The van der Waals surface area contributed by atoms with Gasteiger partial charge in [0, 0.05) is 18.0 Å². The SMILES string of the molecule is Fc1cccc(F)c1C1(Nc2ncc(-c3nn[nH]n3)cn2)CC1. The van der Waals surface area contributed by atoms with Crippen molar-refractivity contribution in [1.29, 1.82) is 0 Å². The summed E-state index contributed by atoms with van der Waals surface area (Å²) in [5.74, 6) is -0.480. The predicted octanol–water partition coefficient (Wildman–Crippen LogP) is 2.04. The van der Waals surface area contributed by atoms with Gasteiger partial charge in [-0.05, 0) is 30.2 Å². The number of hydrogen-bond acceptors (Lipinski definition) is 6. The molecule has 7 nitrogen and oxygen atoms in total. The molecular formula is C14H11F2N7. The number of rotatable bonds is 4. The molecule has 9 heteroatoms. The van der Waals surface area contributed by atoms with Crippen molar-refractivity contribution in [3.63, 3.8) is 0 Å². The molecule has 0 amide bonds. The molecule has 4 rings (SSSR count). The summed E-state index contributed by atoms with van der Waals surface area (Å²) in [7, 11) is 0. The zero-order chi connectivity index (χ0) is 15.9. The Kier molecular flexibility index (Phi) is 3.00. The Labute approximate surface area is 129 Å². The molecule has 0 atom stereocenters. The van der Waals surface area contributed by atoms with Crippen molar-refractivity contribution in [1.82, 2.24) is 30.6 Å². The maximum absolute atomic E-state index is 14.0. The second-order valence-corrected chi connectivity index (χ2v) is 5.33. The molecule has 0 bridgehead atoms. The number of H-pyrrole nitrogens is 1. The van der Waals surface area contributed by atoms with E-state index >= 15 is 0 Å². The van der Waals surface area contributed by atoms with Gasteiger partial charge in [0.1, 0.15) is 11.6 Å². The minimum absolute atomic E-state index is 0.0332. The highest BCUT2D eigenvalue weighted by molar-refractivity contribution is 5.52. The average molecular weight is 315 g/mol. The molecule has 1 aromatic carbocycles. The van der Waals surface area contributed by atoms with Gasteiger partial charge in [-0.3, -0.25) is 0 Å². The normalized spacial score (nSPS) is 15.4. The van der Waals surface area contributed by atoms with Gasteiger partial charge in [0.25, 0.3) is 0 Å². The zero-order valence-electron chi connectivity index (χ0n) is 11.8. The van der Waals surface area contributed by atoms with Gasteiger partial charge in [0.05, 0.1) is 11.1 Å². The highest BCUT2D eigenvalue weighted by Gasteiger charge is 2.48. The monoisotopic (exact) mass is 315 g/mol. The molecule has 0 saturated heterocycles. The number of aromatic nitrogens is 6. The van der Waals surface area contributed by atoms with Crippen molar-refractivity contribution in [2.24, 2.45) is 0 Å². The van der Waals surface area contributed by atoms with E-state index in [0.717, 1.165) is 0 Å². The van der Waals surface area contributed by atoms with Crippen molar-refractivity contribution < 1.29 is 8.78 Å². The van der Waals surface area contributed by atoms with Crippen LogP contribution in [0.15, 0.2) is 30.6 Å². The second-order valence-electron chi connectivity index (χ2n) is 5.33. The first-order chi connectivity index (χ1) is 11.2. The van der Waals surface area contributed by atoms with Gasteiger partial charge in [-0.1, -0.05) is 6.07 Å². The number of nitrogens with one attached hydrogen (secondary N) is 2. The number of anilines is 1. The van der Waals surface area contributed by atoms with Crippen LogP contribution in [0, 0.1) is 11.6 Å². The molecule has 1 aliphatic carbocycles. The van der Waals surface area contributed by atoms with Gasteiger partial charge in [-0.15, -0.1) is 10.2 Å². The fourth-order valence-electron chi connectivity index (χ4n) is 2.52. The van der Waals surface area contributed by atoms with Gasteiger partial charge in [0.15, 0.2) is 0 Å². The Bertz CT molecular complexity index is 809. The first-order valence-corrected chi connectivity index (χ1v) is 6.96. The minimum atomic E-state index is -0.789. The molecular weight excluding hydrogens is 304 g/mol. The maximum Gasteiger partial charge on any atom is 0.223 e. The lowest BCUT2D eigenvalue weighted by molar-refractivity contribution is 0.531. The number of benzene rings is 1. The van der Waals surface area contributed by atoms with Crippen LogP contribution in [-0.2, 0) is 5.54 Å². The summed E-state index contributed by atoms with van der Waals surface area (Å²) in [6.07, 6.45) is 4.27. The largest absolute Gasteiger partial charge is 0.344 e. The van der Waals surface area contributed by atoms with Crippen molar-refractivity contribution in [2.45, 2.75) is 18.4 Å². The molecule has 2 N–H and O–H groups in total. The van der Waals surface area contributed by atoms with Crippen LogP contribution in [0.5, 0.6) is 0 Å². The van der Waals surface area contributed by atoms with Crippen LogP contribution in [-0.4, -0.2) is 30.6 Å². The van der Waals surface area contributed by atoms with E-state index in [1.165, 1.54) is 30.6 Å². The highest BCUT2D eigenvalue weighted by Crippen LogP contribution is 2.49. The lowest BCUT2D eigenvalue weighted by atomic mass is 10.0. The van der Waals surface area contributed by atoms with Crippen molar-refractivity contribution in [2.75, 3.05) is 5.32 Å². The highest BCUT2D eigenvalue weighted by atomic mass is 19.1. The number of halogens is 2. The zero-order valence-corrected chi connectivity index (χ0v) is 11.8. The summed E-state index contributed by atoms with van der Waals surface area (Å²) in [5.41, 5.74) is -0.166. The van der Waals surface area contributed by atoms with Crippen LogP contribution in [0.1, 0.15) is 18.4 Å². The van der Waals surface area contributed by atoms with E-state index < -0.39 is 17.2 Å². The molecule has 0 aliphatic heterocycles. The third kappa shape index (κ3) is 2.39. The molecule has 1 saturated carbocycles. The predicted molar refractivity (Wildman–Crippen MR) is 76.1 cm³/mol. The van der Waals surface area contributed by atoms with Crippen LogP contribution in [0.4, 0.5) is 14.7 Å². The molecule has 23 heavy (non-hydrogen) atoms. The number of aromatic amines is 1. The molecule has 0 radical (unpaired) electrons. The Morgan fingerprint density at radius 2 is 1.78 bits per heavy atom. The van der Waals surface area contributed by atoms with Gasteiger partial charge >= 0.3 is 0 Å². The first kappa shape index (κ1) is 13.7. The summed E-state index contributed by atoms with van der Waals surface area (Å²) >= 11 is 0. The smallest absolute Gasteiger partial charge is 0.223 e. The molecule has 2 heterocycles. The third-order valence-electron chi connectivity index (χ3n) is 3.80. The molecule has 3 aromatic rings.